The Kier molecular flexibility index (Phi) is 5.73. The van der Waals surface area contributed by atoms with Crippen molar-refractivity contribution < 1.29 is 0 Å². The Bertz CT molecular complexity index is 2890. The Morgan fingerprint density at radius 3 is 1.84 bits per heavy atom. The van der Waals surface area contributed by atoms with Gasteiger partial charge in [-0.2, -0.15) is 5.26 Å². The Morgan fingerprint density at radius 2 is 1.12 bits per heavy atom. The largest absolute Gasteiger partial charge is 0.309 e. The predicted octanol–water partition coefficient (Wildman–Crippen LogP) is 11.5. The number of hydrogen-bond donors (Lipinski definition) is 0. The van der Waals surface area contributed by atoms with Gasteiger partial charge in [-0.1, -0.05) is 97.1 Å². The highest BCUT2D eigenvalue weighted by molar-refractivity contribution is 6.15. The summed E-state index contributed by atoms with van der Waals surface area (Å²) in [5.41, 5.74) is 14.1. The molecule has 2 aromatic heterocycles. The molecule has 4 heteroatoms. The predicted molar refractivity (Wildman–Crippen MR) is 200 cm³/mol. The van der Waals surface area contributed by atoms with Crippen LogP contribution in [0.5, 0.6) is 0 Å². The summed E-state index contributed by atoms with van der Waals surface area (Å²) < 4.78 is 4.61. The van der Waals surface area contributed by atoms with E-state index in [2.05, 4.69) is 141 Å². The second-order valence-corrected chi connectivity index (χ2v) is 12.7. The van der Waals surface area contributed by atoms with E-state index < -0.39 is 0 Å². The molecule has 0 N–H and O–H groups in total. The Hall–Kier alpha value is -6.88. The maximum absolute atomic E-state index is 10.4. The zero-order valence-corrected chi connectivity index (χ0v) is 26.4. The van der Waals surface area contributed by atoms with E-state index in [9.17, 15) is 5.26 Å². The van der Waals surface area contributed by atoms with Crippen LogP contribution in [0.3, 0.4) is 0 Å². The van der Waals surface area contributed by atoms with Crippen LogP contribution in [-0.4, -0.2) is 9.13 Å². The summed E-state index contributed by atoms with van der Waals surface area (Å²) >= 11 is 0. The van der Waals surface area contributed by atoms with Gasteiger partial charge in [-0.25, -0.2) is 4.85 Å². The maximum Gasteiger partial charge on any atom is 0.195 e. The summed E-state index contributed by atoms with van der Waals surface area (Å²) in [7, 11) is 0. The van der Waals surface area contributed by atoms with E-state index in [1.165, 1.54) is 49.3 Å². The highest BCUT2D eigenvalue weighted by atomic mass is 15.0. The van der Waals surface area contributed by atoms with Crippen molar-refractivity contribution in [1.29, 1.82) is 5.26 Å². The molecule has 7 aromatic carbocycles. The van der Waals surface area contributed by atoms with Crippen LogP contribution in [0.15, 0.2) is 146 Å². The van der Waals surface area contributed by atoms with Gasteiger partial charge in [0.25, 0.3) is 0 Å². The molecule has 0 radical (unpaired) electrons. The fourth-order valence-corrected chi connectivity index (χ4v) is 8.11. The molecule has 0 spiro atoms. The van der Waals surface area contributed by atoms with Gasteiger partial charge in [0.1, 0.15) is 0 Å². The first-order valence-electron chi connectivity index (χ1n) is 16.4. The fourth-order valence-electron chi connectivity index (χ4n) is 8.11. The van der Waals surface area contributed by atoms with Crippen molar-refractivity contribution in [2.75, 3.05) is 0 Å². The average molecular weight is 623 g/mol. The minimum Gasteiger partial charge on any atom is -0.309 e. The van der Waals surface area contributed by atoms with E-state index in [4.69, 9.17) is 6.57 Å². The van der Waals surface area contributed by atoms with Gasteiger partial charge in [0.2, 0.25) is 0 Å². The smallest absolute Gasteiger partial charge is 0.195 e. The van der Waals surface area contributed by atoms with Gasteiger partial charge in [0.15, 0.2) is 5.69 Å². The standard InChI is InChI=1S/C45H26N4/c1-47-40-23-21-32(49-43-17-9-6-14-36(43)37-22-19-29-24-28-10-2-3-11-33(28)44(29)45(37)49)26-39(40)38-25-31(20-18-30(38)27-46)48-41-15-7-4-12-34(41)35-13-5-8-16-42(35)48/h2-23,25-26H,24H2. The first-order chi connectivity index (χ1) is 24.2. The van der Waals surface area contributed by atoms with Crippen LogP contribution in [-0.2, 0) is 6.42 Å². The molecular weight excluding hydrogens is 597 g/mol. The summed E-state index contributed by atoms with van der Waals surface area (Å²) in [5.74, 6) is 0. The molecule has 9 aromatic rings. The summed E-state index contributed by atoms with van der Waals surface area (Å²) in [6.07, 6.45) is 0.909. The molecule has 0 amide bonds. The summed E-state index contributed by atoms with van der Waals surface area (Å²) in [5, 5.41) is 15.1. The summed E-state index contributed by atoms with van der Waals surface area (Å²) in [6, 6.07) is 53.1. The monoisotopic (exact) mass is 622 g/mol. The zero-order valence-electron chi connectivity index (χ0n) is 26.4. The number of nitriles is 1. The van der Waals surface area contributed by atoms with Crippen molar-refractivity contribution >= 4 is 49.3 Å². The van der Waals surface area contributed by atoms with Crippen molar-refractivity contribution in [2.45, 2.75) is 6.42 Å². The van der Waals surface area contributed by atoms with E-state index >= 15 is 0 Å². The summed E-state index contributed by atoms with van der Waals surface area (Å²) in [6.45, 7) is 8.19. The van der Waals surface area contributed by atoms with Gasteiger partial charge in [-0.15, -0.1) is 0 Å². The van der Waals surface area contributed by atoms with Gasteiger partial charge < -0.3 is 9.13 Å². The van der Waals surface area contributed by atoms with Crippen LogP contribution in [0.4, 0.5) is 5.69 Å². The second kappa shape index (κ2) is 10.3. The maximum atomic E-state index is 10.4. The third kappa shape index (κ3) is 3.83. The molecule has 0 saturated heterocycles. The minimum absolute atomic E-state index is 0.510. The number of rotatable bonds is 3. The highest BCUT2D eigenvalue weighted by Gasteiger charge is 2.25. The van der Waals surface area contributed by atoms with Gasteiger partial charge in [-0.05, 0) is 82.8 Å². The van der Waals surface area contributed by atoms with Crippen LogP contribution in [0.25, 0.3) is 82.1 Å². The molecule has 1 aliphatic carbocycles. The van der Waals surface area contributed by atoms with Gasteiger partial charge in [0.05, 0.1) is 40.3 Å². The second-order valence-electron chi connectivity index (χ2n) is 12.7. The van der Waals surface area contributed by atoms with Gasteiger partial charge in [-0.3, -0.25) is 0 Å². The number of fused-ring (bicyclic) bond motifs is 10. The lowest BCUT2D eigenvalue weighted by Gasteiger charge is -2.16. The number of para-hydroxylation sites is 3. The van der Waals surface area contributed by atoms with Crippen molar-refractivity contribution in [3.05, 3.63) is 174 Å². The van der Waals surface area contributed by atoms with Crippen molar-refractivity contribution in [2.24, 2.45) is 0 Å². The number of hydrogen-bond acceptors (Lipinski definition) is 1. The van der Waals surface area contributed by atoms with Gasteiger partial charge >= 0.3 is 0 Å². The fraction of sp³-hybridized carbons (Fsp3) is 0.0222. The van der Waals surface area contributed by atoms with Crippen molar-refractivity contribution in [1.82, 2.24) is 9.13 Å². The lowest BCUT2D eigenvalue weighted by Crippen LogP contribution is -1.98. The van der Waals surface area contributed by atoms with E-state index in [0.29, 0.717) is 11.3 Å². The molecule has 0 atom stereocenters. The molecule has 10 rings (SSSR count). The van der Waals surface area contributed by atoms with Crippen LogP contribution in [0.2, 0.25) is 0 Å². The van der Waals surface area contributed by atoms with Crippen LogP contribution < -0.4 is 0 Å². The topological polar surface area (TPSA) is 38.0 Å². The lowest BCUT2D eigenvalue weighted by atomic mass is 9.97. The number of nitrogens with zero attached hydrogens (tertiary/aromatic N) is 4. The van der Waals surface area contributed by atoms with Crippen LogP contribution in [0, 0.1) is 17.9 Å². The first kappa shape index (κ1) is 27.3. The van der Waals surface area contributed by atoms with Crippen LogP contribution in [0.1, 0.15) is 16.7 Å². The molecule has 0 fully saturated rings. The lowest BCUT2D eigenvalue weighted by molar-refractivity contribution is 1.17. The molecule has 1 aliphatic rings. The molecule has 49 heavy (non-hydrogen) atoms. The first-order valence-corrected chi connectivity index (χ1v) is 16.4. The quantitative estimate of drug-likeness (QED) is 0.181. The minimum atomic E-state index is 0.510. The van der Waals surface area contributed by atoms with E-state index in [-0.39, 0.29) is 0 Å². The molecular formula is C45H26N4. The van der Waals surface area contributed by atoms with E-state index in [1.807, 2.05) is 24.3 Å². The molecule has 4 nitrogen and oxygen atoms in total. The van der Waals surface area contributed by atoms with E-state index in [0.717, 1.165) is 45.5 Å². The Labute approximate surface area is 282 Å². The zero-order chi connectivity index (χ0) is 32.6. The van der Waals surface area contributed by atoms with Crippen molar-refractivity contribution in [3.63, 3.8) is 0 Å². The normalized spacial score (nSPS) is 12.0. The Morgan fingerprint density at radius 1 is 0.531 bits per heavy atom. The molecule has 0 saturated carbocycles. The highest BCUT2D eigenvalue weighted by Crippen LogP contribution is 2.46. The Balaban J connectivity index is 1.25. The third-order valence-electron chi connectivity index (χ3n) is 10.2. The van der Waals surface area contributed by atoms with E-state index in [1.54, 1.807) is 0 Å². The number of aromatic nitrogens is 2. The average Bonchev–Trinajstić information content (AvgIpc) is 3.82. The molecule has 0 unspecified atom stereocenters. The van der Waals surface area contributed by atoms with Crippen molar-refractivity contribution in [3.8, 4) is 39.7 Å². The molecule has 0 bridgehead atoms. The van der Waals surface area contributed by atoms with Crippen LogP contribution >= 0.6 is 0 Å². The number of benzene rings is 7. The molecule has 0 aliphatic heterocycles. The molecule has 226 valence electrons. The van der Waals surface area contributed by atoms with Gasteiger partial charge in [0, 0.05) is 38.5 Å². The SMILES string of the molecule is [C-]#[N+]c1ccc(-n2c3ccccc3c3ccc4c(c32)-c2ccccc2C4)cc1-c1cc(-n2c3ccccc3c3ccccc32)ccc1C#N. The molecule has 2 heterocycles. The third-order valence-corrected chi connectivity index (χ3v) is 10.2. The summed E-state index contributed by atoms with van der Waals surface area (Å²) in [4.78, 5) is 3.97.